The highest BCUT2D eigenvalue weighted by Crippen LogP contribution is 2.18. The number of benzene rings is 1. The van der Waals surface area contributed by atoms with E-state index < -0.39 is 23.0 Å². The van der Waals surface area contributed by atoms with Crippen molar-refractivity contribution >= 4 is 23.4 Å². The van der Waals surface area contributed by atoms with Gasteiger partial charge in [-0.05, 0) is 23.4 Å². The van der Waals surface area contributed by atoms with Crippen LogP contribution in [0.25, 0.3) is 0 Å². The van der Waals surface area contributed by atoms with E-state index in [1.165, 1.54) is 16.4 Å². The molecule has 0 unspecified atom stereocenters. The lowest BCUT2D eigenvalue weighted by atomic mass is 10.2. The topological polar surface area (TPSA) is 47.8 Å². The standard InChI is InChI=1S/C12H9ClF3N3OS/c1-2-21-12-17-11(20)10(13)18-19(12)5-6-3-7(14)9(16)8(15)4-6/h3-4H,2,5H2,1H3. The summed E-state index contributed by atoms with van der Waals surface area (Å²) in [6.45, 7) is 1.75. The lowest BCUT2D eigenvalue weighted by Crippen LogP contribution is -2.19. The molecule has 0 aliphatic rings. The highest BCUT2D eigenvalue weighted by molar-refractivity contribution is 7.99. The van der Waals surface area contributed by atoms with Crippen LogP contribution in [0.15, 0.2) is 22.1 Å². The summed E-state index contributed by atoms with van der Waals surface area (Å²) < 4.78 is 40.5. The summed E-state index contributed by atoms with van der Waals surface area (Å²) in [4.78, 5) is 15.1. The van der Waals surface area contributed by atoms with Gasteiger partial charge in [-0.2, -0.15) is 10.1 Å². The Bertz CT molecular complexity index is 715. The Morgan fingerprint density at radius 3 is 2.48 bits per heavy atom. The molecular weight excluding hydrogens is 327 g/mol. The summed E-state index contributed by atoms with van der Waals surface area (Å²) in [6, 6.07) is 1.71. The van der Waals surface area contributed by atoms with Gasteiger partial charge in [0.25, 0.3) is 0 Å². The third-order valence-corrected chi connectivity index (χ3v) is 3.54. The minimum Gasteiger partial charge on any atom is -0.264 e. The van der Waals surface area contributed by atoms with Crippen LogP contribution in [0.3, 0.4) is 0 Å². The van der Waals surface area contributed by atoms with Crippen LogP contribution in [0, 0.1) is 17.5 Å². The molecule has 0 atom stereocenters. The maximum atomic E-state index is 13.2. The first kappa shape index (κ1) is 15.8. The van der Waals surface area contributed by atoms with Gasteiger partial charge in [0.1, 0.15) is 0 Å². The van der Waals surface area contributed by atoms with Gasteiger partial charge in [0.05, 0.1) is 6.54 Å². The molecule has 4 nitrogen and oxygen atoms in total. The highest BCUT2D eigenvalue weighted by Gasteiger charge is 2.14. The van der Waals surface area contributed by atoms with Crippen LogP contribution >= 0.6 is 23.4 Å². The molecule has 9 heteroatoms. The maximum Gasteiger partial charge on any atom is 0.311 e. The van der Waals surface area contributed by atoms with Crippen LogP contribution in [0.4, 0.5) is 13.2 Å². The molecule has 2 aromatic rings. The number of halogens is 4. The summed E-state index contributed by atoms with van der Waals surface area (Å²) in [5.41, 5.74) is -0.543. The molecule has 2 rings (SSSR count). The molecule has 0 saturated carbocycles. The van der Waals surface area contributed by atoms with E-state index >= 15 is 0 Å². The number of nitrogens with zero attached hydrogens (tertiary/aromatic N) is 3. The predicted octanol–water partition coefficient (Wildman–Crippen LogP) is 2.87. The zero-order valence-electron chi connectivity index (χ0n) is 10.7. The van der Waals surface area contributed by atoms with E-state index in [0.717, 1.165) is 12.1 Å². The van der Waals surface area contributed by atoms with Gasteiger partial charge >= 0.3 is 5.56 Å². The third kappa shape index (κ3) is 3.56. The average molecular weight is 336 g/mol. The second-order valence-corrected chi connectivity index (χ2v) is 5.54. The van der Waals surface area contributed by atoms with Crippen molar-refractivity contribution in [3.63, 3.8) is 0 Å². The Hall–Kier alpha value is -1.54. The molecule has 0 N–H and O–H groups in total. The van der Waals surface area contributed by atoms with Crippen molar-refractivity contribution in [3.05, 3.63) is 50.7 Å². The van der Waals surface area contributed by atoms with Crippen molar-refractivity contribution in [2.75, 3.05) is 5.75 Å². The Balaban J connectivity index is 2.43. The van der Waals surface area contributed by atoms with Crippen LogP contribution in [0.1, 0.15) is 12.5 Å². The van der Waals surface area contributed by atoms with Crippen molar-refractivity contribution in [3.8, 4) is 0 Å². The molecule has 1 aromatic heterocycles. The summed E-state index contributed by atoms with van der Waals surface area (Å²) in [6.07, 6.45) is 0. The third-order valence-electron chi connectivity index (χ3n) is 2.45. The lowest BCUT2D eigenvalue weighted by Gasteiger charge is -2.10. The molecule has 0 aliphatic carbocycles. The second-order valence-electron chi connectivity index (χ2n) is 3.95. The van der Waals surface area contributed by atoms with Crippen molar-refractivity contribution in [1.29, 1.82) is 0 Å². The van der Waals surface area contributed by atoms with E-state index in [-0.39, 0.29) is 22.4 Å². The number of thioether (sulfide) groups is 1. The van der Waals surface area contributed by atoms with Crippen molar-refractivity contribution in [1.82, 2.24) is 14.8 Å². The molecule has 0 radical (unpaired) electrons. The summed E-state index contributed by atoms with van der Waals surface area (Å²) in [7, 11) is 0. The molecule has 112 valence electrons. The molecular formula is C12H9ClF3N3OS. The van der Waals surface area contributed by atoms with Crippen molar-refractivity contribution in [2.45, 2.75) is 18.6 Å². The van der Waals surface area contributed by atoms with Crippen molar-refractivity contribution < 1.29 is 13.2 Å². The van der Waals surface area contributed by atoms with E-state index in [2.05, 4.69) is 10.1 Å². The van der Waals surface area contributed by atoms with E-state index in [0.29, 0.717) is 5.75 Å². The van der Waals surface area contributed by atoms with E-state index in [9.17, 15) is 18.0 Å². The van der Waals surface area contributed by atoms with E-state index in [1.54, 1.807) is 0 Å². The van der Waals surface area contributed by atoms with Gasteiger partial charge < -0.3 is 0 Å². The fourth-order valence-electron chi connectivity index (χ4n) is 1.59. The smallest absolute Gasteiger partial charge is 0.264 e. The molecule has 0 saturated heterocycles. The van der Waals surface area contributed by atoms with Gasteiger partial charge in [-0.15, -0.1) is 0 Å². The number of rotatable bonds is 4. The van der Waals surface area contributed by atoms with E-state index in [1.807, 2.05) is 6.92 Å². The molecule has 1 heterocycles. The molecule has 0 fully saturated rings. The average Bonchev–Trinajstić information content (AvgIpc) is 2.42. The second kappa shape index (κ2) is 6.48. The normalized spacial score (nSPS) is 10.9. The monoisotopic (exact) mass is 335 g/mol. The molecule has 0 bridgehead atoms. The Morgan fingerprint density at radius 2 is 1.90 bits per heavy atom. The van der Waals surface area contributed by atoms with Crippen LogP contribution in [0.5, 0.6) is 0 Å². The van der Waals surface area contributed by atoms with Crippen LogP contribution in [-0.4, -0.2) is 20.5 Å². The van der Waals surface area contributed by atoms with Crippen LogP contribution in [-0.2, 0) is 6.54 Å². The quantitative estimate of drug-likeness (QED) is 0.637. The van der Waals surface area contributed by atoms with Crippen LogP contribution < -0.4 is 5.56 Å². The molecule has 0 aliphatic heterocycles. The van der Waals surface area contributed by atoms with E-state index in [4.69, 9.17) is 11.6 Å². The van der Waals surface area contributed by atoms with Gasteiger partial charge in [-0.3, -0.25) is 4.79 Å². The van der Waals surface area contributed by atoms with Gasteiger partial charge in [0.2, 0.25) is 5.15 Å². The number of hydrogen-bond donors (Lipinski definition) is 0. The SMILES string of the molecule is CCSc1nc(=O)c(Cl)nn1Cc1cc(F)c(F)c(F)c1. The first-order valence-electron chi connectivity index (χ1n) is 5.83. The highest BCUT2D eigenvalue weighted by atomic mass is 35.5. The Labute approximate surface area is 127 Å². The van der Waals surface area contributed by atoms with Gasteiger partial charge in [-0.25, -0.2) is 17.9 Å². The fraction of sp³-hybridized carbons (Fsp3) is 0.250. The zero-order chi connectivity index (χ0) is 15.6. The Kier molecular flexibility index (Phi) is 4.89. The number of hydrogen-bond acceptors (Lipinski definition) is 4. The molecule has 0 spiro atoms. The first-order chi connectivity index (χ1) is 9.92. The lowest BCUT2D eigenvalue weighted by molar-refractivity contribution is 0.443. The van der Waals surface area contributed by atoms with Gasteiger partial charge in [0, 0.05) is 0 Å². The minimum atomic E-state index is -1.54. The van der Waals surface area contributed by atoms with Gasteiger partial charge in [-0.1, -0.05) is 30.3 Å². The molecule has 21 heavy (non-hydrogen) atoms. The maximum absolute atomic E-state index is 13.2. The summed E-state index contributed by atoms with van der Waals surface area (Å²) >= 11 is 6.84. The summed E-state index contributed by atoms with van der Waals surface area (Å²) in [5, 5.41) is 3.73. The largest absolute Gasteiger partial charge is 0.311 e. The first-order valence-corrected chi connectivity index (χ1v) is 7.19. The van der Waals surface area contributed by atoms with Gasteiger partial charge in [0.15, 0.2) is 22.6 Å². The summed E-state index contributed by atoms with van der Waals surface area (Å²) in [5.74, 6) is -3.52. The number of aromatic nitrogens is 3. The molecule has 0 amide bonds. The fourth-order valence-corrected chi connectivity index (χ4v) is 2.39. The van der Waals surface area contributed by atoms with Crippen molar-refractivity contribution in [2.24, 2.45) is 0 Å². The molecule has 1 aromatic carbocycles. The zero-order valence-corrected chi connectivity index (χ0v) is 12.3. The Morgan fingerprint density at radius 1 is 1.29 bits per heavy atom. The van der Waals surface area contributed by atoms with Crippen LogP contribution in [0.2, 0.25) is 5.15 Å². The predicted molar refractivity (Wildman–Crippen MR) is 73.1 cm³/mol. The minimum absolute atomic E-state index is 0.0938.